The van der Waals surface area contributed by atoms with Crippen molar-refractivity contribution in [1.82, 2.24) is 0 Å². The quantitative estimate of drug-likeness (QED) is 0.795. The Labute approximate surface area is 142 Å². The summed E-state index contributed by atoms with van der Waals surface area (Å²) in [5.74, 6) is 0.853. The molecule has 1 aliphatic heterocycles. The Morgan fingerprint density at radius 1 is 1.04 bits per heavy atom. The number of carbonyl (C=O) groups is 1. The number of amides is 1. The minimum atomic E-state index is -0.0966. The third kappa shape index (κ3) is 3.08. The van der Waals surface area contributed by atoms with Gasteiger partial charge in [0, 0.05) is 0 Å². The first-order chi connectivity index (χ1) is 11.6. The van der Waals surface area contributed by atoms with Crippen LogP contribution in [-0.2, 0) is 4.79 Å². The first-order valence-electron chi connectivity index (χ1n) is 7.94. The fraction of sp³-hybridized carbons (Fsp3) is 0.200. The lowest BCUT2D eigenvalue weighted by atomic mass is 9.98. The fourth-order valence-electron chi connectivity index (χ4n) is 2.60. The molecule has 24 heavy (non-hydrogen) atoms. The molecule has 122 valence electrons. The van der Waals surface area contributed by atoms with Gasteiger partial charge in [-0.3, -0.25) is 4.79 Å². The van der Waals surface area contributed by atoms with Crippen LogP contribution in [0.2, 0.25) is 0 Å². The van der Waals surface area contributed by atoms with Gasteiger partial charge in [-0.2, -0.15) is 10.1 Å². The van der Waals surface area contributed by atoms with Gasteiger partial charge in [-0.25, -0.2) is 0 Å². The van der Waals surface area contributed by atoms with Crippen molar-refractivity contribution in [2.75, 3.05) is 12.1 Å². The molecule has 1 aliphatic rings. The summed E-state index contributed by atoms with van der Waals surface area (Å²) in [4.78, 5) is 12.9. The Kier molecular flexibility index (Phi) is 4.47. The number of carbonyl (C=O) groups excluding carboxylic acids is 1. The van der Waals surface area contributed by atoms with Gasteiger partial charge >= 0.3 is 0 Å². The maximum absolute atomic E-state index is 12.9. The number of hydrazone groups is 1. The van der Waals surface area contributed by atoms with Gasteiger partial charge in [-0.15, -0.1) is 0 Å². The highest BCUT2D eigenvalue weighted by molar-refractivity contribution is 6.33. The monoisotopic (exact) mass is 320 g/mol. The predicted octanol–water partition coefficient (Wildman–Crippen LogP) is 4.14. The van der Waals surface area contributed by atoms with Crippen LogP contribution in [0.3, 0.4) is 0 Å². The molecule has 0 fully saturated rings. The van der Waals surface area contributed by atoms with Crippen molar-refractivity contribution in [1.29, 1.82) is 0 Å². The summed E-state index contributed by atoms with van der Waals surface area (Å²) in [6.45, 7) is 4.09. The molecule has 3 rings (SSSR count). The molecule has 4 heteroatoms. The zero-order valence-electron chi connectivity index (χ0n) is 14.1. The summed E-state index contributed by atoms with van der Waals surface area (Å²) in [6, 6.07) is 17.1. The zero-order valence-corrected chi connectivity index (χ0v) is 14.1. The van der Waals surface area contributed by atoms with E-state index in [1.54, 1.807) is 7.11 Å². The van der Waals surface area contributed by atoms with Gasteiger partial charge < -0.3 is 4.74 Å². The van der Waals surface area contributed by atoms with Crippen LogP contribution in [-0.4, -0.2) is 18.7 Å². The number of benzene rings is 2. The molecular formula is C20H20N2O2. The normalized spacial score (nSPS) is 16.0. The van der Waals surface area contributed by atoms with E-state index in [0.717, 1.165) is 22.7 Å². The summed E-state index contributed by atoms with van der Waals surface area (Å²) in [7, 11) is 1.63. The highest BCUT2D eigenvalue weighted by Gasteiger charge is 2.32. The molecule has 0 radical (unpaired) electrons. The topological polar surface area (TPSA) is 41.9 Å². The van der Waals surface area contributed by atoms with E-state index in [0.29, 0.717) is 5.57 Å². The molecule has 0 saturated carbocycles. The van der Waals surface area contributed by atoms with Crippen molar-refractivity contribution >= 4 is 23.4 Å². The standard InChI is InChI=1S/C20H20N2O2/c1-14(2)19-18(13-15-9-11-17(24-3)12-10-15)20(23)22(21-19)16-7-5-4-6-8-16/h4-14H,1-3H3/b18-13-. The molecule has 4 nitrogen and oxygen atoms in total. The second-order valence-electron chi connectivity index (χ2n) is 5.92. The molecule has 2 aromatic rings. The summed E-state index contributed by atoms with van der Waals surface area (Å²) in [5.41, 5.74) is 3.17. The number of methoxy groups -OCH3 is 1. The van der Waals surface area contributed by atoms with Crippen LogP contribution in [0.25, 0.3) is 6.08 Å². The lowest BCUT2D eigenvalue weighted by Gasteiger charge is -2.11. The van der Waals surface area contributed by atoms with Gasteiger partial charge in [-0.1, -0.05) is 44.2 Å². The average molecular weight is 320 g/mol. The number of anilines is 1. The minimum absolute atomic E-state index is 0.0966. The van der Waals surface area contributed by atoms with E-state index in [1.165, 1.54) is 5.01 Å². The van der Waals surface area contributed by atoms with E-state index in [9.17, 15) is 4.79 Å². The molecule has 1 heterocycles. The van der Waals surface area contributed by atoms with E-state index in [1.807, 2.05) is 74.5 Å². The SMILES string of the molecule is COc1ccc(/C=C2\C(=O)N(c3ccccc3)N=C2C(C)C)cc1. The van der Waals surface area contributed by atoms with Crippen molar-refractivity contribution in [2.45, 2.75) is 13.8 Å². The molecule has 2 aromatic carbocycles. The third-order valence-corrected chi connectivity index (χ3v) is 3.88. The first-order valence-corrected chi connectivity index (χ1v) is 7.94. The molecule has 1 amide bonds. The number of ether oxygens (including phenoxy) is 1. The number of nitrogens with zero attached hydrogens (tertiary/aromatic N) is 2. The van der Waals surface area contributed by atoms with E-state index in [-0.39, 0.29) is 11.8 Å². The van der Waals surface area contributed by atoms with Crippen LogP contribution >= 0.6 is 0 Å². The Bertz CT molecular complexity index is 790. The molecule has 0 atom stereocenters. The largest absolute Gasteiger partial charge is 0.497 e. The third-order valence-electron chi connectivity index (χ3n) is 3.88. The van der Waals surface area contributed by atoms with Crippen LogP contribution in [0.1, 0.15) is 19.4 Å². The van der Waals surface area contributed by atoms with Gasteiger partial charge in [-0.05, 0) is 41.8 Å². The Balaban J connectivity index is 1.98. The van der Waals surface area contributed by atoms with Gasteiger partial charge in [0.05, 0.1) is 24.1 Å². The second-order valence-corrected chi connectivity index (χ2v) is 5.92. The molecule has 0 bridgehead atoms. The highest BCUT2D eigenvalue weighted by Crippen LogP contribution is 2.27. The van der Waals surface area contributed by atoms with Crippen molar-refractivity contribution < 1.29 is 9.53 Å². The van der Waals surface area contributed by atoms with Crippen LogP contribution in [0.5, 0.6) is 5.75 Å². The zero-order chi connectivity index (χ0) is 17.1. The summed E-state index contributed by atoms with van der Waals surface area (Å²) >= 11 is 0. The highest BCUT2D eigenvalue weighted by atomic mass is 16.5. The van der Waals surface area contributed by atoms with Gasteiger partial charge in [0.1, 0.15) is 5.75 Å². The minimum Gasteiger partial charge on any atom is -0.497 e. The van der Waals surface area contributed by atoms with Crippen molar-refractivity contribution in [2.24, 2.45) is 11.0 Å². The van der Waals surface area contributed by atoms with Gasteiger partial charge in [0.25, 0.3) is 5.91 Å². The van der Waals surface area contributed by atoms with E-state index < -0.39 is 0 Å². The number of rotatable bonds is 4. The average Bonchev–Trinajstić information content (AvgIpc) is 2.93. The maximum atomic E-state index is 12.9. The van der Waals surface area contributed by atoms with E-state index in [2.05, 4.69) is 5.10 Å². The van der Waals surface area contributed by atoms with Crippen LogP contribution in [0.4, 0.5) is 5.69 Å². The molecule has 0 aliphatic carbocycles. The molecule has 0 saturated heterocycles. The van der Waals surface area contributed by atoms with Crippen molar-refractivity contribution in [3.8, 4) is 5.75 Å². The van der Waals surface area contributed by atoms with Crippen LogP contribution in [0.15, 0.2) is 65.3 Å². The second kappa shape index (κ2) is 6.71. The Morgan fingerprint density at radius 2 is 1.71 bits per heavy atom. The van der Waals surface area contributed by atoms with Crippen LogP contribution in [0, 0.1) is 5.92 Å². The molecule has 0 spiro atoms. The van der Waals surface area contributed by atoms with Crippen molar-refractivity contribution in [3.63, 3.8) is 0 Å². The Morgan fingerprint density at radius 3 is 2.29 bits per heavy atom. The van der Waals surface area contributed by atoms with Crippen molar-refractivity contribution in [3.05, 3.63) is 65.7 Å². The summed E-state index contributed by atoms with van der Waals surface area (Å²) in [5, 5.41) is 6.03. The predicted molar refractivity (Wildman–Crippen MR) is 97.2 cm³/mol. The van der Waals surface area contributed by atoms with Gasteiger partial charge in [0.15, 0.2) is 0 Å². The lowest BCUT2D eigenvalue weighted by Crippen LogP contribution is -2.21. The molecular weight excluding hydrogens is 300 g/mol. The smallest absolute Gasteiger partial charge is 0.280 e. The van der Waals surface area contributed by atoms with Crippen LogP contribution < -0.4 is 9.75 Å². The fourth-order valence-corrected chi connectivity index (χ4v) is 2.60. The number of hydrogen-bond donors (Lipinski definition) is 0. The molecule has 0 N–H and O–H groups in total. The molecule has 0 unspecified atom stereocenters. The summed E-state index contributed by atoms with van der Waals surface area (Å²) < 4.78 is 5.17. The van der Waals surface area contributed by atoms with Gasteiger partial charge in [0.2, 0.25) is 0 Å². The number of para-hydroxylation sites is 1. The number of hydrogen-bond acceptors (Lipinski definition) is 3. The lowest BCUT2D eigenvalue weighted by molar-refractivity contribution is -0.114. The first kappa shape index (κ1) is 16.0. The summed E-state index contributed by atoms with van der Waals surface area (Å²) in [6.07, 6.45) is 1.89. The molecule has 0 aromatic heterocycles. The Hall–Kier alpha value is -2.88. The maximum Gasteiger partial charge on any atom is 0.280 e. The van der Waals surface area contributed by atoms with E-state index >= 15 is 0 Å². The van der Waals surface area contributed by atoms with E-state index in [4.69, 9.17) is 4.74 Å².